The summed E-state index contributed by atoms with van der Waals surface area (Å²) in [6.45, 7) is 4.18. The highest BCUT2D eigenvalue weighted by Gasteiger charge is 2.38. The summed E-state index contributed by atoms with van der Waals surface area (Å²) in [5.74, 6) is -0.718. The van der Waals surface area contributed by atoms with E-state index in [2.05, 4.69) is 39.2 Å². The van der Waals surface area contributed by atoms with Crippen molar-refractivity contribution in [2.45, 2.75) is 44.7 Å². The van der Waals surface area contributed by atoms with Crippen molar-refractivity contribution in [1.82, 2.24) is 30.1 Å². The van der Waals surface area contributed by atoms with Crippen LogP contribution in [0.3, 0.4) is 0 Å². The number of hydrogen-bond donors (Lipinski definition) is 2. The minimum atomic E-state index is -0.591. The lowest BCUT2D eigenvalue weighted by molar-refractivity contribution is 0.0958. The minimum Gasteiger partial charge on any atom is -0.453 e. The van der Waals surface area contributed by atoms with E-state index in [0.717, 1.165) is 36.0 Å². The molecule has 3 atom stereocenters. The zero-order chi connectivity index (χ0) is 36.0. The van der Waals surface area contributed by atoms with Gasteiger partial charge in [-0.25, -0.2) is 14.2 Å². The average Bonchev–Trinajstić information content (AvgIpc) is 3.90. The molecule has 0 bridgehead atoms. The Hall–Kier alpha value is -4.76. The molecule has 2 aliphatic heterocycles. The molecule has 0 saturated carbocycles. The van der Waals surface area contributed by atoms with E-state index in [-0.39, 0.29) is 63.6 Å². The molecular formula is C38H36Cl2FN7O3. The number of aryl methyl sites for hydroxylation is 1. The Labute approximate surface area is 304 Å². The van der Waals surface area contributed by atoms with Crippen LogP contribution < -0.4 is 10.6 Å². The van der Waals surface area contributed by atoms with Crippen LogP contribution in [0.15, 0.2) is 48.7 Å². The van der Waals surface area contributed by atoms with E-state index >= 15 is 4.39 Å². The molecule has 7 rings (SSSR count). The van der Waals surface area contributed by atoms with Crippen molar-refractivity contribution in [1.29, 1.82) is 5.26 Å². The fourth-order valence-corrected chi connectivity index (χ4v) is 8.11. The van der Waals surface area contributed by atoms with Crippen LogP contribution in [0.25, 0.3) is 44.2 Å². The first kappa shape index (κ1) is 34.7. The number of aromatic nitrogens is 3. The molecule has 0 aliphatic carbocycles. The molecule has 2 aliphatic rings. The maximum absolute atomic E-state index is 17.5. The number of rotatable bonds is 7. The van der Waals surface area contributed by atoms with Crippen LogP contribution in [-0.2, 0) is 11.2 Å². The predicted molar refractivity (Wildman–Crippen MR) is 195 cm³/mol. The fourth-order valence-electron chi connectivity index (χ4n) is 7.71. The van der Waals surface area contributed by atoms with E-state index in [1.54, 1.807) is 41.4 Å². The summed E-state index contributed by atoms with van der Waals surface area (Å²) in [6.07, 6.45) is 3.11. The normalized spacial score (nSPS) is 18.8. The zero-order valence-electron chi connectivity index (χ0n) is 28.4. The minimum absolute atomic E-state index is 0.0301. The fraction of sp³-hybridized carbons (Fsp3) is 0.342. The summed E-state index contributed by atoms with van der Waals surface area (Å²) in [5, 5.41) is 17.5. The van der Waals surface area contributed by atoms with Gasteiger partial charge in [-0.15, -0.1) is 0 Å². The molecule has 0 spiro atoms. The summed E-state index contributed by atoms with van der Waals surface area (Å²) in [4.78, 5) is 36.7. The van der Waals surface area contributed by atoms with Crippen LogP contribution in [-0.4, -0.2) is 65.2 Å². The molecule has 5 aromatic rings. The van der Waals surface area contributed by atoms with Crippen molar-refractivity contribution in [3.8, 4) is 28.5 Å². The molecule has 2 saturated heterocycles. The van der Waals surface area contributed by atoms with Gasteiger partial charge in [-0.1, -0.05) is 42.3 Å². The average molecular weight is 729 g/mol. The summed E-state index contributed by atoms with van der Waals surface area (Å²) in [5.41, 5.74) is 4.30. The molecule has 0 radical (unpaired) electrons. The van der Waals surface area contributed by atoms with Gasteiger partial charge in [-0.2, -0.15) is 5.26 Å². The first-order valence-corrected chi connectivity index (χ1v) is 17.7. The van der Waals surface area contributed by atoms with Gasteiger partial charge < -0.3 is 19.9 Å². The van der Waals surface area contributed by atoms with Crippen LogP contribution in [0.2, 0.25) is 10.0 Å². The number of pyridine rings is 2. The van der Waals surface area contributed by atoms with Crippen LogP contribution in [0.1, 0.15) is 60.0 Å². The van der Waals surface area contributed by atoms with Gasteiger partial charge in [0.1, 0.15) is 11.2 Å². The lowest BCUT2D eigenvalue weighted by Gasteiger charge is -2.29. The van der Waals surface area contributed by atoms with Crippen LogP contribution in [0.5, 0.6) is 0 Å². The number of nitrogens with zero attached hydrogens (tertiary/aromatic N) is 5. The van der Waals surface area contributed by atoms with Crippen molar-refractivity contribution in [3.05, 3.63) is 81.5 Å². The smallest absolute Gasteiger partial charge is 0.410 e. The van der Waals surface area contributed by atoms with Crippen molar-refractivity contribution >= 4 is 57.0 Å². The van der Waals surface area contributed by atoms with E-state index in [1.807, 2.05) is 6.07 Å². The summed E-state index contributed by atoms with van der Waals surface area (Å²) >= 11 is 13.1. The Morgan fingerprint density at radius 3 is 2.69 bits per heavy atom. The number of amides is 2. The molecule has 262 valence electrons. The van der Waals surface area contributed by atoms with Crippen molar-refractivity contribution < 1.29 is 18.7 Å². The number of ether oxygens (including phenoxy) is 1. The first-order chi connectivity index (χ1) is 24.7. The molecule has 10 nitrogen and oxygen atoms in total. The number of hydrogen-bond acceptors (Lipinski definition) is 7. The molecule has 2 fully saturated rings. The Balaban J connectivity index is 1.62. The second-order valence-electron chi connectivity index (χ2n) is 13.1. The standard InChI is InChI=1S/C38H36Cl2FN7O3/c1-20-17-44-19-30(20)48-29(28-10-6-14-47(28)38(50)51-3)16-25-34(22-11-12-27(45-18-22)37(49)43-2)46-35-24(36(25)48)15-21(7-5-13-42)31(33(35)41)23-8-4-9-26(39)32(23)40/h4,8-9,11-12,15-16,18,20,28,30,44H,5-7,10,14,17,19H2,1-3H3,(H,43,49)/t20-,28-,30-/m1/s1. The molecule has 13 heteroatoms. The van der Waals surface area contributed by atoms with E-state index in [9.17, 15) is 14.9 Å². The third-order valence-corrected chi connectivity index (χ3v) is 11.0. The van der Waals surface area contributed by atoms with Crippen LogP contribution >= 0.6 is 23.2 Å². The summed E-state index contributed by atoms with van der Waals surface area (Å²) in [7, 11) is 2.92. The lowest BCUT2D eigenvalue weighted by Crippen LogP contribution is -2.32. The van der Waals surface area contributed by atoms with Gasteiger partial charge in [-0.05, 0) is 67.6 Å². The number of fused-ring (bicyclic) bond motifs is 3. The molecule has 51 heavy (non-hydrogen) atoms. The molecule has 2 N–H and O–H groups in total. The van der Waals surface area contributed by atoms with E-state index in [1.165, 1.54) is 14.2 Å². The topological polar surface area (TPSA) is 125 Å². The number of benzene rings is 2. The number of nitrogens with one attached hydrogen (secondary N) is 2. The Bertz CT molecular complexity index is 2230. The SMILES string of the molecule is CNC(=O)c1ccc(-c2nc3c(F)c(-c4cccc(Cl)c4Cl)c(CCC#N)cc3c3c2cc([C@H]2CCCN2C(=O)OC)n3[C@@H]2CNC[C@H]2C)cn1. The quantitative estimate of drug-likeness (QED) is 0.175. The van der Waals surface area contributed by atoms with Crippen LogP contribution in [0, 0.1) is 23.1 Å². The maximum Gasteiger partial charge on any atom is 0.410 e. The molecular weight excluding hydrogens is 692 g/mol. The third kappa shape index (κ3) is 5.95. The second-order valence-corrected chi connectivity index (χ2v) is 13.9. The molecule has 0 unspecified atom stereocenters. The van der Waals surface area contributed by atoms with Gasteiger partial charge >= 0.3 is 6.09 Å². The lowest BCUT2D eigenvalue weighted by atomic mass is 9.92. The molecule has 3 aromatic heterocycles. The summed E-state index contributed by atoms with van der Waals surface area (Å²) in [6, 6.07) is 14.3. The highest BCUT2D eigenvalue weighted by Crippen LogP contribution is 2.46. The number of carbonyl (C=O) groups is 2. The van der Waals surface area contributed by atoms with Gasteiger partial charge in [0.2, 0.25) is 0 Å². The monoisotopic (exact) mass is 727 g/mol. The Kier molecular flexibility index (Phi) is 9.59. The summed E-state index contributed by atoms with van der Waals surface area (Å²) < 4.78 is 25.0. The molecule has 5 heterocycles. The molecule has 2 aromatic carbocycles. The zero-order valence-corrected chi connectivity index (χ0v) is 29.9. The van der Waals surface area contributed by atoms with E-state index in [0.29, 0.717) is 40.9 Å². The Morgan fingerprint density at radius 2 is 2.00 bits per heavy atom. The van der Waals surface area contributed by atoms with Crippen LogP contribution in [0.4, 0.5) is 9.18 Å². The number of likely N-dealkylation sites (tertiary alicyclic amines) is 1. The van der Waals surface area contributed by atoms with Crippen molar-refractivity contribution in [2.24, 2.45) is 5.92 Å². The largest absolute Gasteiger partial charge is 0.453 e. The number of halogens is 3. The molecule has 2 amide bonds. The Morgan fingerprint density at radius 1 is 1.18 bits per heavy atom. The number of nitriles is 1. The van der Waals surface area contributed by atoms with Gasteiger partial charge in [0.05, 0.1) is 46.5 Å². The van der Waals surface area contributed by atoms with Gasteiger partial charge in [-0.3, -0.25) is 14.7 Å². The van der Waals surface area contributed by atoms with Gasteiger partial charge in [0.25, 0.3) is 5.91 Å². The van der Waals surface area contributed by atoms with Gasteiger partial charge in [0, 0.05) is 65.9 Å². The predicted octanol–water partition coefficient (Wildman–Crippen LogP) is 7.86. The third-order valence-electron chi connectivity index (χ3n) is 10.2. The first-order valence-electron chi connectivity index (χ1n) is 16.9. The van der Waals surface area contributed by atoms with E-state index in [4.69, 9.17) is 32.9 Å². The highest BCUT2D eigenvalue weighted by molar-refractivity contribution is 6.43. The number of methoxy groups -OCH3 is 1. The highest BCUT2D eigenvalue weighted by atomic mass is 35.5. The number of carbonyl (C=O) groups excluding carboxylic acids is 2. The van der Waals surface area contributed by atoms with Gasteiger partial charge in [0.15, 0.2) is 5.82 Å². The maximum atomic E-state index is 17.5. The van der Waals surface area contributed by atoms with Crippen molar-refractivity contribution in [3.63, 3.8) is 0 Å². The van der Waals surface area contributed by atoms with Crippen molar-refractivity contribution in [2.75, 3.05) is 33.8 Å². The van der Waals surface area contributed by atoms with E-state index < -0.39 is 11.9 Å². The second kappa shape index (κ2) is 14.1.